The largest absolute Gasteiger partial charge is 0.369 e. The van der Waals surface area contributed by atoms with Gasteiger partial charge < -0.3 is 11.1 Å². The third kappa shape index (κ3) is 4.89. The van der Waals surface area contributed by atoms with Crippen LogP contribution in [0.2, 0.25) is 0 Å². The third-order valence-electron chi connectivity index (χ3n) is 4.24. The number of carbonyl (C=O) groups is 2. The lowest BCUT2D eigenvalue weighted by atomic mass is 9.97. The molecule has 1 aliphatic rings. The molecular weight excluding hydrogens is 310 g/mol. The number of aromatic nitrogens is 2. The highest BCUT2D eigenvalue weighted by molar-refractivity contribution is 5.79. The van der Waals surface area contributed by atoms with Gasteiger partial charge in [-0.3, -0.25) is 19.1 Å². The number of nitrogens with zero attached hydrogens (tertiary/aromatic N) is 3. The Hall–Kier alpha value is -2.22. The van der Waals surface area contributed by atoms with Crippen LogP contribution < -0.4 is 16.7 Å². The number of nitrogens with one attached hydrogen (secondary N) is 1. The normalized spacial score (nSPS) is 18.3. The first-order valence-electron chi connectivity index (χ1n) is 8.20. The van der Waals surface area contributed by atoms with Gasteiger partial charge in [0.2, 0.25) is 11.8 Å². The lowest BCUT2D eigenvalue weighted by Crippen LogP contribution is -2.46. The Morgan fingerprint density at radius 3 is 2.83 bits per heavy atom. The van der Waals surface area contributed by atoms with Crippen LogP contribution in [0.5, 0.6) is 0 Å². The molecule has 2 heterocycles. The number of carbonyl (C=O) groups excluding carboxylic acids is 2. The second kappa shape index (κ2) is 8.05. The maximum Gasteiger partial charge on any atom is 0.348 e. The van der Waals surface area contributed by atoms with E-state index in [2.05, 4.69) is 10.3 Å². The number of likely N-dealkylation sites (tertiary alicyclic amines) is 1. The first-order valence-corrected chi connectivity index (χ1v) is 8.20. The molecule has 0 unspecified atom stereocenters. The number of hydrogen-bond acceptors (Lipinski definition) is 5. The number of aryl methyl sites for hydroxylation is 2. The van der Waals surface area contributed by atoms with Gasteiger partial charge in [0.25, 0.3) is 0 Å². The lowest BCUT2D eigenvalue weighted by Gasteiger charge is -2.31. The standard InChI is InChI=1S/C16H25N5O3/c1-11-8-12(2)21(16(24)19-11)7-5-18-15(23)13-4-3-6-20(9-13)10-14(17)22/h8,13H,3-7,9-10H2,1-2H3,(H2,17,22)(H,18,23)/t13-/m1/s1. The second-order valence-corrected chi connectivity index (χ2v) is 6.30. The van der Waals surface area contributed by atoms with Gasteiger partial charge in [-0.05, 0) is 39.3 Å². The van der Waals surface area contributed by atoms with Crippen molar-refractivity contribution in [1.29, 1.82) is 0 Å². The van der Waals surface area contributed by atoms with Crippen LogP contribution in [0.4, 0.5) is 0 Å². The average Bonchev–Trinajstić information content (AvgIpc) is 2.49. The predicted molar refractivity (Wildman–Crippen MR) is 89.3 cm³/mol. The first kappa shape index (κ1) is 18.1. The second-order valence-electron chi connectivity index (χ2n) is 6.30. The topological polar surface area (TPSA) is 110 Å². The molecule has 0 saturated carbocycles. The zero-order chi connectivity index (χ0) is 17.7. The van der Waals surface area contributed by atoms with Gasteiger partial charge in [-0.15, -0.1) is 0 Å². The third-order valence-corrected chi connectivity index (χ3v) is 4.24. The van der Waals surface area contributed by atoms with E-state index in [0.717, 1.165) is 25.1 Å². The Bertz CT molecular complexity index is 670. The Morgan fingerprint density at radius 1 is 1.42 bits per heavy atom. The monoisotopic (exact) mass is 335 g/mol. The van der Waals surface area contributed by atoms with Crippen molar-refractivity contribution < 1.29 is 9.59 Å². The van der Waals surface area contributed by atoms with E-state index < -0.39 is 0 Å². The number of rotatable bonds is 6. The number of primary amides is 1. The zero-order valence-electron chi connectivity index (χ0n) is 14.2. The molecule has 1 aliphatic heterocycles. The molecule has 24 heavy (non-hydrogen) atoms. The fourth-order valence-electron chi connectivity index (χ4n) is 3.12. The van der Waals surface area contributed by atoms with Gasteiger partial charge in [-0.1, -0.05) is 0 Å². The van der Waals surface area contributed by atoms with Gasteiger partial charge in [-0.25, -0.2) is 4.79 Å². The fraction of sp³-hybridized carbons (Fsp3) is 0.625. The SMILES string of the molecule is Cc1cc(C)n(CCNC(=O)[C@@H]2CCCN(CC(N)=O)C2)c(=O)n1. The summed E-state index contributed by atoms with van der Waals surface area (Å²) in [4.78, 5) is 41.0. The molecule has 132 valence electrons. The number of nitrogens with two attached hydrogens (primary N) is 1. The summed E-state index contributed by atoms with van der Waals surface area (Å²) in [7, 11) is 0. The van der Waals surface area contributed by atoms with Crippen molar-refractivity contribution in [2.24, 2.45) is 11.7 Å². The van der Waals surface area contributed by atoms with E-state index in [1.54, 1.807) is 11.5 Å². The molecule has 8 heteroatoms. The Kier molecular flexibility index (Phi) is 6.08. The maximum absolute atomic E-state index is 12.3. The molecule has 2 amide bonds. The van der Waals surface area contributed by atoms with Crippen molar-refractivity contribution in [3.05, 3.63) is 27.9 Å². The summed E-state index contributed by atoms with van der Waals surface area (Å²) in [6.07, 6.45) is 1.66. The summed E-state index contributed by atoms with van der Waals surface area (Å²) < 4.78 is 1.55. The van der Waals surface area contributed by atoms with E-state index in [9.17, 15) is 14.4 Å². The van der Waals surface area contributed by atoms with Crippen LogP contribution in [-0.4, -0.2) is 52.4 Å². The quantitative estimate of drug-likeness (QED) is 0.705. The van der Waals surface area contributed by atoms with Crippen molar-refractivity contribution in [1.82, 2.24) is 19.8 Å². The molecule has 1 atom stereocenters. The molecule has 0 spiro atoms. The van der Waals surface area contributed by atoms with E-state index in [4.69, 9.17) is 5.73 Å². The highest BCUT2D eigenvalue weighted by Gasteiger charge is 2.26. The highest BCUT2D eigenvalue weighted by Crippen LogP contribution is 2.16. The van der Waals surface area contributed by atoms with Crippen LogP contribution in [-0.2, 0) is 16.1 Å². The minimum atomic E-state index is -0.377. The van der Waals surface area contributed by atoms with Crippen LogP contribution in [0, 0.1) is 19.8 Å². The summed E-state index contributed by atoms with van der Waals surface area (Å²) in [5, 5.41) is 2.87. The Balaban J connectivity index is 1.85. The van der Waals surface area contributed by atoms with Gasteiger partial charge in [0.1, 0.15) is 0 Å². The Labute approximate surface area is 141 Å². The van der Waals surface area contributed by atoms with E-state index >= 15 is 0 Å². The summed E-state index contributed by atoms with van der Waals surface area (Å²) in [6.45, 7) is 5.91. The van der Waals surface area contributed by atoms with Crippen LogP contribution in [0.3, 0.4) is 0 Å². The number of amides is 2. The van der Waals surface area contributed by atoms with Crippen molar-refractivity contribution in [3.63, 3.8) is 0 Å². The molecule has 1 saturated heterocycles. The van der Waals surface area contributed by atoms with E-state index in [1.807, 2.05) is 17.9 Å². The molecule has 8 nitrogen and oxygen atoms in total. The molecule has 0 aromatic carbocycles. The molecule has 0 bridgehead atoms. The predicted octanol–water partition coefficient (Wildman–Crippen LogP) is -0.826. The van der Waals surface area contributed by atoms with Gasteiger partial charge in [0.15, 0.2) is 0 Å². The van der Waals surface area contributed by atoms with Gasteiger partial charge in [0.05, 0.1) is 12.5 Å². The smallest absolute Gasteiger partial charge is 0.348 e. The fourth-order valence-corrected chi connectivity index (χ4v) is 3.12. The Morgan fingerprint density at radius 2 is 2.17 bits per heavy atom. The number of piperidine rings is 1. The average molecular weight is 335 g/mol. The van der Waals surface area contributed by atoms with Crippen molar-refractivity contribution in [3.8, 4) is 0 Å². The van der Waals surface area contributed by atoms with E-state index in [1.165, 1.54) is 0 Å². The van der Waals surface area contributed by atoms with Crippen molar-refractivity contribution in [2.75, 3.05) is 26.2 Å². The molecule has 1 aromatic rings. The van der Waals surface area contributed by atoms with Crippen LogP contribution in [0.15, 0.2) is 10.9 Å². The van der Waals surface area contributed by atoms with Crippen LogP contribution in [0.1, 0.15) is 24.2 Å². The van der Waals surface area contributed by atoms with E-state index in [0.29, 0.717) is 25.3 Å². The molecule has 1 fully saturated rings. The van der Waals surface area contributed by atoms with Crippen LogP contribution in [0.25, 0.3) is 0 Å². The maximum atomic E-state index is 12.3. The minimum Gasteiger partial charge on any atom is -0.369 e. The molecule has 3 N–H and O–H groups in total. The highest BCUT2D eigenvalue weighted by atomic mass is 16.2. The first-order chi connectivity index (χ1) is 11.4. The molecule has 2 rings (SSSR count). The minimum absolute atomic E-state index is 0.0463. The van der Waals surface area contributed by atoms with E-state index in [-0.39, 0.29) is 30.0 Å². The zero-order valence-corrected chi connectivity index (χ0v) is 14.2. The van der Waals surface area contributed by atoms with Crippen molar-refractivity contribution >= 4 is 11.8 Å². The van der Waals surface area contributed by atoms with Crippen LogP contribution >= 0.6 is 0 Å². The van der Waals surface area contributed by atoms with Gasteiger partial charge in [0, 0.05) is 31.0 Å². The van der Waals surface area contributed by atoms with Gasteiger partial charge >= 0.3 is 5.69 Å². The molecule has 0 aliphatic carbocycles. The van der Waals surface area contributed by atoms with Crippen molar-refractivity contribution in [2.45, 2.75) is 33.2 Å². The number of hydrogen-bond donors (Lipinski definition) is 2. The summed E-state index contributed by atoms with van der Waals surface area (Å²) in [5.41, 5.74) is 6.43. The summed E-state index contributed by atoms with van der Waals surface area (Å²) in [6, 6.07) is 1.84. The molecular formula is C16H25N5O3. The summed E-state index contributed by atoms with van der Waals surface area (Å²) >= 11 is 0. The molecule has 1 aromatic heterocycles. The molecule has 0 radical (unpaired) electrons. The summed E-state index contributed by atoms with van der Waals surface area (Å²) in [5.74, 6) is -0.570. The van der Waals surface area contributed by atoms with Gasteiger partial charge in [-0.2, -0.15) is 4.98 Å². The lowest BCUT2D eigenvalue weighted by molar-refractivity contribution is -0.128.